The van der Waals surface area contributed by atoms with Crippen LogP contribution in [0.5, 0.6) is 0 Å². The summed E-state index contributed by atoms with van der Waals surface area (Å²) in [5.74, 6) is 17.5. The van der Waals surface area contributed by atoms with E-state index < -0.39 is 90.0 Å². The zero-order valence-corrected chi connectivity index (χ0v) is 70.3. The number of carbonyl (C=O) groups is 2. The first-order valence-corrected chi connectivity index (χ1v) is 45.1. The minimum absolute atomic E-state index is 0.0138. The Morgan fingerprint density at radius 3 is 1.45 bits per heavy atom. The molecule has 46 heteroatoms. The summed E-state index contributed by atoms with van der Waals surface area (Å²) in [5, 5.41) is 74.5. The quantitative estimate of drug-likeness (QED) is 0.00655. The van der Waals surface area contributed by atoms with Gasteiger partial charge in [0, 0.05) is 129 Å². The maximum atomic E-state index is 12.0. The molecule has 9 aromatic rings. The summed E-state index contributed by atoms with van der Waals surface area (Å²) in [4.78, 5) is 123. The second kappa shape index (κ2) is 40.4. The average Bonchev–Trinajstić information content (AvgIpc) is 1.66. The standard InChI is InChI=1S/C30H40N6O5Si.C24H25N5O6.C21H25N6O14P3/c1-8-24-25(41-42(6,7)30(3,4)5)16-26(40-24)35-19-34-27-28(32-18-33-29(27)35)31-17-22-14-13-21(15-23(22)36(38)39)12-10-9-11-20(2)37;1-15(31)4-2-3-5-16-6-7-17(19(10-16)29(33)34)12-26-18-8-9-25-24-23(18)27-14-28(24)22-11-20(32)21(13-30)35-22;22-6-1-2-13-3-4-14(16(8-13)27(29)30)10-24-15-5-7-23-21-20(15)25-12-26(21)19-9-17(28)18(39-19)11-38-43(34,35)41-44(36,37)40-42(31,32)33/h13-15,18-19,24-26H,8-9,11,16-17H2,1-7H3,(H,31,32,33);6-10,14,20-22,30,32H,2,4,11-13H2,1H3,(H,25,26);3-5,7-8,12,17-19,28H,6,9-11,22H2,(H,23,24)(H,34,35)(H,36,37)(H2,31,32,33)/t24-,25?,26-;20?,21-,22-;17?,18-,19-/m111/s1. The number of phosphoric acid groups is 3. The zero-order chi connectivity index (χ0) is 87.9. The van der Waals surface area contributed by atoms with E-state index in [9.17, 15) is 78.7 Å². The number of ketones is 2. The molecule has 9 heterocycles. The fourth-order valence-corrected chi connectivity index (χ4v) is 17.0. The second-order valence-corrected chi connectivity index (χ2v) is 38.6. The first kappa shape index (κ1) is 92.7. The lowest BCUT2D eigenvalue weighted by atomic mass is 10.1. The van der Waals surface area contributed by atoms with Crippen LogP contribution < -0.4 is 21.7 Å². The second-order valence-electron chi connectivity index (χ2n) is 29.4. The van der Waals surface area contributed by atoms with Crippen LogP contribution in [0.15, 0.2) is 104 Å². The van der Waals surface area contributed by atoms with Gasteiger partial charge in [0.25, 0.3) is 17.1 Å². The van der Waals surface area contributed by atoms with Gasteiger partial charge in [0.15, 0.2) is 36.6 Å². The van der Waals surface area contributed by atoms with Crippen LogP contribution in [-0.4, -0.2) is 175 Å². The van der Waals surface area contributed by atoms with Crippen molar-refractivity contribution >= 4 is 111 Å². The summed E-state index contributed by atoms with van der Waals surface area (Å²) in [6.07, 6.45) is 6.68. The van der Waals surface area contributed by atoms with Gasteiger partial charge in [0.05, 0.1) is 89.3 Å². The minimum atomic E-state index is -5.71. The number of nitro groups is 3. The van der Waals surface area contributed by atoms with Crippen molar-refractivity contribution in [1.82, 2.24) is 48.6 Å². The molecule has 0 spiro atoms. The van der Waals surface area contributed by atoms with Gasteiger partial charge in [-0.1, -0.05) is 63.2 Å². The van der Waals surface area contributed by atoms with Crippen molar-refractivity contribution in [2.24, 2.45) is 5.73 Å². The molecule has 0 saturated carbocycles. The molecule has 3 aliphatic rings. The Morgan fingerprint density at radius 2 is 1.02 bits per heavy atom. The maximum absolute atomic E-state index is 12.0. The number of aliphatic hydroxyl groups excluding tert-OH is 3. The number of nitrogens with two attached hydrogens (primary N) is 1. The molecule has 3 fully saturated rings. The van der Waals surface area contributed by atoms with Crippen LogP contribution >= 0.6 is 23.5 Å². The van der Waals surface area contributed by atoms with E-state index in [0.717, 1.165) is 6.42 Å². The Bertz CT molecular complexity index is 5670. The number of hydrogen-bond donors (Lipinski definition) is 11. The monoisotopic (exact) mass is 1750 g/mol. The Morgan fingerprint density at radius 1 is 0.595 bits per heavy atom. The highest BCUT2D eigenvalue weighted by atomic mass is 31.3. The number of rotatable bonds is 30. The van der Waals surface area contributed by atoms with Gasteiger partial charge in [-0.25, -0.2) is 48.6 Å². The summed E-state index contributed by atoms with van der Waals surface area (Å²) in [7, 11) is -18.7. The molecule has 3 aliphatic heterocycles. The third kappa shape index (κ3) is 24.6. The number of benzene rings is 3. The molecule has 11 atom stereocenters. The van der Waals surface area contributed by atoms with Crippen LogP contribution in [0.1, 0.15) is 145 Å². The smallest absolute Gasteiger partial charge is 0.411 e. The van der Waals surface area contributed by atoms with E-state index in [4.69, 9.17) is 34.2 Å². The van der Waals surface area contributed by atoms with Gasteiger partial charge in [-0.2, -0.15) is 8.62 Å². The van der Waals surface area contributed by atoms with E-state index in [1.807, 2.05) is 4.57 Å². The fraction of sp³-hybridized carbons (Fsp3) is 0.427. The van der Waals surface area contributed by atoms with E-state index in [1.54, 1.807) is 71.9 Å². The number of Topliss-reactive ketones (excluding diaryl/α,β-unsaturated/α-hetero) is 2. The number of pyridine rings is 2. The molecule has 121 heavy (non-hydrogen) atoms. The molecule has 0 radical (unpaired) electrons. The van der Waals surface area contributed by atoms with E-state index in [2.05, 4.69) is 140 Å². The summed E-state index contributed by atoms with van der Waals surface area (Å²) in [6, 6.07) is 17.5. The lowest BCUT2D eigenvalue weighted by molar-refractivity contribution is -0.385. The van der Waals surface area contributed by atoms with Crippen molar-refractivity contribution < 1.29 is 105 Å². The number of anilines is 3. The summed E-state index contributed by atoms with van der Waals surface area (Å²) in [6.45, 7) is 15.7. The molecule has 42 nitrogen and oxygen atoms in total. The number of fused-ring (bicyclic) bond motifs is 3. The molecule has 12 N–H and O–H groups in total. The van der Waals surface area contributed by atoms with Crippen LogP contribution in [0.2, 0.25) is 18.1 Å². The highest BCUT2D eigenvalue weighted by Gasteiger charge is 2.46. The zero-order valence-electron chi connectivity index (χ0n) is 66.6. The Labute approximate surface area is 692 Å². The lowest BCUT2D eigenvalue weighted by Gasteiger charge is -2.39. The predicted octanol–water partition coefficient (Wildman–Crippen LogP) is 9.72. The molecule has 12 rings (SSSR count). The molecule has 644 valence electrons. The Kier molecular flexibility index (Phi) is 30.9. The molecule has 6 aromatic heterocycles. The molecular formula is C75H90N17O25P3Si. The molecule has 0 aliphatic carbocycles. The molecular weight excluding hydrogens is 1660 g/mol. The predicted molar refractivity (Wildman–Crippen MR) is 438 cm³/mol. The molecule has 5 unspecified atom stereocenters. The van der Waals surface area contributed by atoms with Gasteiger partial charge in [-0.3, -0.25) is 58.2 Å². The Hall–Kier alpha value is -10.6. The number of nitrogens with zero attached hydrogens (tertiary/aromatic N) is 13. The minimum Gasteiger partial charge on any atom is -0.411 e. The first-order chi connectivity index (χ1) is 57.2. The van der Waals surface area contributed by atoms with Crippen molar-refractivity contribution in [2.75, 3.05) is 35.7 Å². The van der Waals surface area contributed by atoms with Gasteiger partial charge >= 0.3 is 23.5 Å². The fourth-order valence-electron chi connectivity index (χ4n) is 12.6. The lowest BCUT2D eigenvalue weighted by Crippen LogP contribution is -2.45. The number of aromatic nitrogens is 10. The van der Waals surface area contributed by atoms with Crippen molar-refractivity contribution in [1.29, 1.82) is 0 Å². The highest BCUT2D eigenvalue weighted by molar-refractivity contribution is 7.66. The van der Waals surface area contributed by atoms with Crippen molar-refractivity contribution in [3.63, 3.8) is 0 Å². The summed E-state index contributed by atoms with van der Waals surface area (Å²) in [5.41, 5.74) is 11.9. The van der Waals surface area contributed by atoms with Crippen molar-refractivity contribution in [2.45, 2.75) is 186 Å². The van der Waals surface area contributed by atoms with Crippen molar-refractivity contribution in [3.8, 4) is 35.5 Å². The van der Waals surface area contributed by atoms with Crippen LogP contribution in [-0.2, 0) is 74.7 Å². The average molecular weight is 1750 g/mol. The van der Waals surface area contributed by atoms with Crippen LogP contribution in [0.4, 0.5) is 34.3 Å². The number of aliphatic hydroxyl groups is 3. The maximum Gasteiger partial charge on any atom is 0.490 e. The van der Waals surface area contributed by atoms with E-state index in [0.29, 0.717) is 123 Å². The highest BCUT2D eigenvalue weighted by Crippen LogP contribution is 2.66. The van der Waals surface area contributed by atoms with Gasteiger partial charge in [-0.15, -0.1) is 0 Å². The summed E-state index contributed by atoms with van der Waals surface area (Å²) >= 11 is 0. The van der Waals surface area contributed by atoms with Crippen LogP contribution in [0, 0.1) is 65.9 Å². The normalized spacial score (nSPS) is 19.9. The van der Waals surface area contributed by atoms with Gasteiger partial charge in [-0.05, 0) is 86.9 Å². The third-order valence-corrected chi connectivity index (χ3v) is 28.0. The van der Waals surface area contributed by atoms with Crippen LogP contribution in [0.3, 0.4) is 0 Å². The van der Waals surface area contributed by atoms with E-state index in [1.165, 1.54) is 55.5 Å². The van der Waals surface area contributed by atoms with Crippen LogP contribution in [0.25, 0.3) is 33.5 Å². The molecule has 3 aromatic carbocycles. The SMILES string of the molecule is CC(=O)CCC#Cc1ccc(CNc2ccnc3c2ncn3[C@H]2CC(O)[C@@H](CO)O2)c([N+](=O)[O-])c1.CC[C@H]1O[C@@H](n2cnc3c(NCc4ccc(C#CCCC(C)=O)cc4[N+](=O)[O-])ncnc32)CC1O[Si](C)(C)C(C)(C)C.NCC#Cc1ccc(CNc2ccnc3c2ncn3[C@H]2CC(O)[C@@H](COP(=O)(O)OP(=O)(O)OP(=O)(O)O)O2)c([N+](=O)[O-])c1. The molecule has 3 saturated heterocycles. The number of ether oxygens (including phenoxy) is 3. The first-order valence-electron chi connectivity index (χ1n) is 37.6. The third-order valence-electron chi connectivity index (χ3n) is 19.7. The largest absolute Gasteiger partial charge is 0.490 e. The van der Waals surface area contributed by atoms with Gasteiger partial charge in [0.1, 0.15) is 59.8 Å². The summed E-state index contributed by atoms with van der Waals surface area (Å²) < 4.78 is 75.8. The van der Waals surface area contributed by atoms with Gasteiger partial charge in [0.2, 0.25) is 0 Å². The Balaban J connectivity index is 0.000000192. The van der Waals surface area contributed by atoms with E-state index in [-0.39, 0.29) is 91.3 Å². The number of nitrogens with one attached hydrogen (secondary N) is 3. The number of hydrogen-bond acceptors (Lipinski definition) is 32. The van der Waals surface area contributed by atoms with E-state index >= 15 is 0 Å². The molecule has 0 bridgehead atoms. The number of imidazole rings is 3. The number of phosphoric ester groups is 1. The number of carbonyl (C=O) groups excluding carboxylic acids is 2. The number of nitro benzene ring substituents is 3. The van der Waals surface area contributed by atoms with Gasteiger partial charge < -0.3 is 75.2 Å². The topological polar surface area (TPSA) is 588 Å². The molecule has 0 amide bonds. The van der Waals surface area contributed by atoms with Crippen molar-refractivity contribution in [3.05, 3.63) is 168 Å².